The molecule has 0 aliphatic carbocycles. The van der Waals surface area contributed by atoms with E-state index in [2.05, 4.69) is 33.0 Å². The average Bonchev–Trinajstić information content (AvgIpc) is 2.23. The Morgan fingerprint density at radius 1 is 1.16 bits per heavy atom. The van der Waals surface area contributed by atoms with Gasteiger partial charge in [-0.05, 0) is 18.9 Å². The molecule has 1 unspecified atom stereocenters. The van der Waals surface area contributed by atoms with Gasteiger partial charge in [-0.15, -0.1) is 0 Å². The van der Waals surface area contributed by atoms with Crippen LogP contribution in [-0.4, -0.2) is 43.8 Å². The summed E-state index contributed by atoms with van der Waals surface area (Å²) < 4.78 is 36.6. The highest BCUT2D eigenvalue weighted by Crippen LogP contribution is 2.25. The van der Waals surface area contributed by atoms with Crippen LogP contribution >= 0.6 is 0 Å². The van der Waals surface area contributed by atoms with Crippen LogP contribution in [0.5, 0.6) is 0 Å². The van der Waals surface area contributed by atoms with Crippen LogP contribution < -0.4 is 5.32 Å². The topological polar surface area (TPSA) is 15.3 Å². The number of hydrogen-bond donors (Lipinski definition) is 1. The highest BCUT2D eigenvalue weighted by Gasteiger charge is 2.29. The molecule has 0 aromatic carbocycles. The fourth-order valence-electron chi connectivity index (χ4n) is 2.33. The summed E-state index contributed by atoms with van der Waals surface area (Å²) in [7, 11) is 1.77. The second-order valence-corrected chi connectivity index (χ2v) is 6.20. The van der Waals surface area contributed by atoms with Gasteiger partial charge in [-0.3, -0.25) is 0 Å². The molecule has 0 rings (SSSR count). The lowest BCUT2D eigenvalue weighted by Gasteiger charge is -2.35. The first-order valence-corrected chi connectivity index (χ1v) is 7.06. The van der Waals surface area contributed by atoms with Gasteiger partial charge in [-0.1, -0.05) is 34.1 Å². The zero-order chi connectivity index (χ0) is 15.1. The third kappa shape index (κ3) is 10.2. The lowest BCUT2D eigenvalue weighted by Crippen LogP contribution is -2.43. The Balaban J connectivity index is 4.30. The average molecular weight is 282 g/mol. The lowest BCUT2D eigenvalue weighted by atomic mass is 9.84. The number of rotatable bonds is 9. The van der Waals surface area contributed by atoms with E-state index in [1.807, 2.05) is 0 Å². The molecule has 0 heterocycles. The van der Waals surface area contributed by atoms with Crippen molar-refractivity contribution >= 4 is 0 Å². The van der Waals surface area contributed by atoms with Crippen LogP contribution in [0.4, 0.5) is 13.2 Å². The number of alkyl halides is 3. The maximum Gasteiger partial charge on any atom is 0.390 e. The number of nitrogens with zero attached hydrogens (tertiary/aromatic N) is 1. The lowest BCUT2D eigenvalue weighted by molar-refractivity contribution is -0.138. The van der Waals surface area contributed by atoms with Crippen LogP contribution in [-0.2, 0) is 0 Å². The van der Waals surface area contributed by atoms with Crippen molar-refractivity contribution in [2.24, 2.45) is 5.41 Å². The first-order chi connectivity index (χ1) is 8.58. The monoisotopic (exact) mass is 282 g/mol. The maximum absolute atomic E-state index is 12.2. The highest BCUT2D eigenvalue weighted by atomic mass is 19.4. The van der Waals surface area contributed by atoms with E-state index in [0.29, 0.717) is 12.6 Å². The molecule has 0 saturated carbocycles. The van der Waals surface area contributed by atoms with Gasteiger partial charge in [0.15, 0.2) is 0 Å². The normalized spacial score (nSPS) is 16.1. The SMILES string of the molecule is CCCC(C)(CNC(C)C)CN(C)CCC(F)(F)F. The zero-order valence-electron chi connectivity index (χ0n) is 12.9. The number of nitrogens with one attached hydrogen (secondary N) is 1. The van der Waals surface area contributed by atoms with Gasteiger partial charge in [0.2, 0.25) is 0 Å². The minimum absolute atomic E-state index is 0.0272. The Bertz CT molecular complexity index is 241. The van der Waals surface area contributed by atoms with Crippen LogP contribution in [0.15, 0.2) is 0 Å². The molecule has 116 valence electrons. The van der Waals surface area contributed by atoms with E-state index in [-0.39, 0.29) is 12.0 Å². The summed E-state index contributed by atoms with van der Waals surface area (Å²) in [6.07, 6.45) is -2.73. The molecule has 0 spiro atoms. The minimum Gasteiger partial charge on any atom is -0.314 e. The molecule has 0 bridgehead atoms. The van der Waals surface area contributed by atoms with Crippen molar-refractivity contribution in [1.29, 1.82) is 0 Å². The van der Waals surface area contributed by atoms with Crippen LogP contribution in [0.1, 0.15) is 47.0 Å². The quantitative estimate of drug-likeness (QED) is 0.694. The Kier molecular flexibility index (Phi) is 7.98. The van der Waals surface area contributed by atoms with Crippen molar-refractivity contribution in [1.82, 2.24) is 10.2 Å². The Hall–Kier alpha value is -0.290. The first-order valence-electron chi connectivity index (χ1n) is 7.06. The summed E-state index contributed by atoms with van der Waals surface area (Å²) >= 11 is 0. The molecule has 0 fully saturated rings. The van der Waals surface area contributed by atoms with Crippen LogP contribution in [0.2, 0.25) is 0 Å². The van der Waals surface area contributed by atoms with Crippen LogP contribution in [0, 0.1) is 5.41 Å². The van der Waals surface area contributed by atoms with E-state index in [0.717, 1.165) is 19.4 Å². The van der Waals surface area contributed by atoms with E-state index in [1.54, 1.807) is 11.9 Å². The van der Waals surface area contributed by atoms with E-state index >= 15 is 0 Å². The van der Waals surface area contributed by atoms with Gasteiger partial charge in [0.25, 0.3) is 0 Å². The third-order valence-electron chi connectivity index (χ3n) is 3.22. The smallest absolute Gasteiger partial charge is 0.314 e. The fourth-order valence-corrected chi connectivity index (χ4v) is 2.33. The van der Waals surface area contributed by atoms with E-state index < -0.39 is 12.6 Å². The van der Waals surface area contributed by atoms with Gasteiger partial charge in [0.05, 0.1) is 6.42 Å². The molecule has 19 heavy (non-hydrogen) atoms. The molecule has 2 nitrogen and oxygen atoms in total. The molecule has 0 aromatic rings. The molecule has 0 aliphatic rings. The van der Waals surface area contributed by atoms with Gasteiger partial charge in [0.1, 0.15) is 0 Å². The summed E-state index contributed by atoms with van der Waals surface area (Å²) in [6, 6.07) is 0.400. The van der Waals surface area contributed by atoms with Gasteiger partial charge in [-0.25, -0.2) is 0 Å². The van der Waals surface area contributed by atoms with E-state index in [9.17, 15) is 13.2 Å². The predicted octanol–water partition coefficient (Wildman–Crippen LogP) is 3.68. The summed E-state index contributed by atoms with van der Waals surface area (Å²) in [5.41, 5.74) is 0.0272. The van der Waals surface area contributed by atoms with E-state index in [1.165, 1.54) is 0 Å². The van der Waals surface area contributed by atoms with Crippen molar-refractivity contribution in [2.75, 3.05) is 26.7 Å². The molecule has 1 atom stereocenters. The Labute approximate surface area is 115 Å². The molecular formula is C14H29F3N2. The molecule has 0 aliphatic heterocycles. The van der Waals surface area contributed by atoms with Crippen molar-refractivity contribution in [2.45, 2.75) is 59.2 Å². The fraction of sp³-hybridized carbons (Fsp3) is 1.00. The van der Waals surface area contributed by atoms with Crippen molar-refractivity contribution in [3.8, 4) is 0 Å². The van der Waals surface area contributed by atoms with Crippen molar-refractivity contribution in [3.63, 3.8) is 0 Å². The van der Waals surface area contributed by atoms with Gasteiger partial charge in [0, 0.05) is 25.7 Å². The molecular weight excluding hydrogens is 253 g/mol. The zero-order valence-corrected chi connectivity index (χ0v) is 12.9. The second-order valence-electron chi connectivity index (χ2n) is 6.20. The van der Waals surface area contributed by atoms with Crippen molar-refractivity contribution < 1.29 is 13.2 Å². The third-order valence-corrected chi connectivity index (χ3v) is 3.22. The van der Waals surface area contributed by atoms with Crippen molar-refractivity contribution in [3.05, 3.63) is 0 Å². The Morgan fingerprint density at radius 3 is 2.16 bits per heavy atom. The second kappa shape index (κ2) is 8.10. The van der Waals surface area contributed by atoms with Crippen LogP contribution in [0.3, 0.4) is 0 Å². The van der Waals surface area contributed by atoms with Crippen LogP contribution in [0.25, 0.3) is 0 Å². The Morgan fingerprint density at radius 2 is 1.74 bits per heavy atom. The molecule has 0 aromatic heterocycles. The maximum atomic E-state index is 12.2. The summed E-state index contributed by atoms with van der Waals surface area (Å²) in [6.45, 7) is 10.0. The summed E-state index contributed by atoms with van der Waals surface area (Å²) in [4.78, 5) is 1.80. The minimum atomic E-state index is -4.06. The molecule has 0 amide bonds. The highest BCUT2D eigenvalue weighted by molar-refractivity contribution is 4.80. The standard InChI is InChI=1S/C14H29F3N2/c1-6-7-13(4,10-18-12(2)3)11-19(5)9-8-14(15,16)17/h12,18H,6-11H2,1-5H3. The molecule has 5 heteroatoms. The number of halogens is 3. The predicted molar refractivity (Wildman–Crippen MR) is 74.3 cm³/mol. The van der Waals surface area contributed by atoms with Gasteiger partial charge < -0.3 is 10.2 Å². The van der Waals surface area contributed by atoms with Gasteiger partial charge in [-0.2, -0.15) is 13.2 Å². The molecule has 1 N–H and O–H groups in total. The number of hydrogen-bond acceptors (Lipinski definition) is 2. The molecule has 0 radical (unpaired) electrons. The molecule has 0 saturated heterocycles. The van der Waals surface area contributed by atoms with E-state index in [4.69, 9.17) is 0 Å². The van der Waals surface area contributed by atoms with Gasteiger partial charge >= 0.3 is 6.18 Å². The summed E-state index contributed by atoms with van der Waals surface area (Å²) in [5.74, 6) is 0. The first kappa shape index (κ1) is 18.7. The largest absolute Gasteiger partial charge is 0.390 e. The summed E-state index contributed by atoms with van der Waals surface area (Å²) in [5, 5.41) is 3.40.